The molecule has 0 N–H and O–H groups in total. The van der Waals surface area contributed by atoms with E-state index in [9.17, 15) is 0 Å². The van der Waals surface area contributed by atoms with Crippen LogP contribution < -0.4 is 20.7 Å². The van der Waals surface area contributed by atoms with Gasteiger partial charge in [-0.2, -0.15) is 0 Å². The van der Waals surface area contributed by atoms with E-state index in [2.05, 4.69) is 213 Å². The summed E-state index contributed by atoms with van der Waals surface area (Å²) in [6.45, 7) is 9.75. The van der Waals surface area contributed by atoms with Gasteiger partial charge in [-0.25, -0.2) is 4.98 Å². The van der Waals surface area contributed by atoms with Crippen LogP contribution in [-0.4, -0.2) is 22.0 Å². The molecule has 1 aliphatic rings. The van der Waals surface area contributed by atoms with Crippen LogP contribution in [0.1, 0.15) is 38.8 Å². The molecule has 10 rings (SSSR count). The maximum Gasteiger partial charge on any atom is 0.220 e. The van der Waals surface area contributed by atoms with Gasteiger partial charge in [-0.15, -0.1) is 0 Å². The van der Waals surface area contributed by atoms with Crippen LogP contribution in [0, 0.1) is 0 Å². The Morgan fingerprint density at radius 1 is 0.500 bits per heavy atom. The molecule has 1 aliphatic heterocycles. The second-order valence-electron chi connectivity index (χ2n) is 15.6. The predicted octanol–water partition coefficient (Wildman–Crippen LogP) is 9.53. The van der Waals surface area contributed by atoms with Crippen molar-refractivity contribution in [1.82, 2.24) is 14.0 Å². The average molecular weight is 732 g/mol. The number of aromatic nitrogens is 3. The van der Waals surface area contributed by atoms with E-state index in [0.29, 0.717) is 0 Å². The minimum Gasteiger partial charge on any atom is -0.278 e. The van der Waals surface area contributed by atoms with E-state index in [4.69, 9.17) is 4.98 Å². The predicted molar refractivity (Wildman–Crippen MR) is 230 cm³/mol. The first kappa shape index (κ1) is 33.0. The molecule has 7 aromatic carbocycles. The molecule has 0 spiro atoms. The van der Waals surface area contributed by atoms with E-state index < -0.39 is 8.07 Å². The summed E-state index contributed by atoms with van der Waals surface area (Å²) in [7, 11) is -3.00. The Labute approximate surface area is 322 Å². The van der Waals surface area contributed by atoms with E-state index in [1.165, 1.54) is 41.7 Å². The Kier molecular flexibility index (Phi) is 7.45. The lowest BCUT2D eigenvalue weighted by Gasteiger charge is -2.43. The molecule has 2 aromatic heterocycles. The Balaban J connectivity index is 1.32. The zero-order valence-corrected chi connectivity index (χ0v) is 32.8. The molecule has 0 aliphatic carbocycles. The monoisotopic (exact) mass is 731 g/mol. The molecule has 0 bridgehead atoms. The zero-order valence-electron chi connectivity index (χ0n) is 31.0. The third kappa shape index (κ3) is 4.58. The second-order valence-corrected chi connectivity index (χ2v) is 20.4. The van der Waals surface area contributed by atoms with Crippen LogP contribution in [0.5, 0.6) is 0 Å². The van der Waals surface area contributed by atoms with Gasteiger partial charge >= 0.3 is 0 Å². The zero-order chi connectivity index (χ0) is 36.7. The summed E-state index contributed by atoms with van der Waals surface area (Å²) >= 11 is 1.97. The second kappa shape index (κ2) is 12.2. The number of rotatable bonds is 5. The highest BCUT2D eigenvalue weighted by atomic mass is 32.2. The van der Waals surface area contributed by atoms with E-state index in [0.717, 1.165) is 33.5 Å². The van der Waals surface area contributed by atoms with E-state index >= 15 is 0 Å². The number of benzene rings is 7. The maximum absolute atomic E-state index is 5.25. The molecule has 5 heteroatoms. The van der Waals surface area contributed by atoms with Gasteiger partial charge in [0, 0.05) is 15.5 Å². The van der Waals surface area contributed by atoms with Gasteiger partial charge in [-0.3, -0.25) is 8.97 Å². The van der Waals surface area contributed by atoms with Gasteiger partial charge in [-0.05, 0) is 85.2 Å². The van der Waals surface area contributed by atoms with Crippen LogP contribution in [-0.2, 0) is 10.8 Å². The first-order valence-corrected chi connectivity index (χ1v) is 21.6. The Hall–Kier alpha value is -5.62. The van der Waals surface area contributed by atoms with Gasteiger partial charge in [0.25, 0.3) is 0 Å². The van der Waals surface area contributed by atoms with Crippen LogP contribution in [0.25, 0.3) is 33.5 Å². The average Bonchev–Trinajstić information content (AvgIpc) is 3.72. The van der Waals surface area contributed by atoms with Crippen molar-refractivity contribution < 1.29 is 0 Å². The van der Waals surface area contributed by atoms with Crippen LogP contribution in [0.2, 0.25) is 0 Å². The fourth-order valence-electron chi connectivity index (χ4n) is 9.12. The number of para-hydroxylation sites is 4. The van der Waals surface area contributed by atoms with Crippen LogP contribution in [0.4, 0.5) is 0 Å². The van der Waals surface area contributed by atoms with Gasteiger partial charge < -0.3 is 0 Å². The first-order valence-electron chi connectivity index (χ1n) is 18.8. The van der Waals surface area contributed by atoms with Gasteiger partial charge in [0.15, 0.2) is 8.07 Å². The molecule has 0 saturated carbocycles. The number of imidazole rings is 2. The molecule has 9 aromatic rings. The summed E-state index contributed by atoms with van der Waals surface area (Å²) in [6.07, 6.45) is 0. The van der Waals surface area contributed by atoms with Gasteiger partial charge in [0.05, 0.1) is 22.1 Å². The minimum absolute atomic E-state index is 0.0985. The minimum atomic E-state index is -3.00. The SMILES string of the molecule is CC1(C)c2ccccc2Sc2c(cccc2[Si](c2ccccc2)(c2ccccc2)c2cccc(-n3c4ccccc4n4c5ccccc5nc34)c2)C1(C)C. The number of nitrogens with zero attached hydrogens (tertiary/aromatic N) is 3. The molecule has 0 fully saturated rings. The van der Waals surface area contributed by atoms with E-state index in [1.807, 2.05) is 11.8 Å². The van der Waals surface area contributed by atoms with Crippen molar-refractivity contribution in [3.63, 3.8) is 0 Å². The third-order valence-corrected chi connectivity index (χ3v) is 18.7. The highest BCUT2D eigenvalue weighted by Crippen LogP contribution is 2.53. The molecule has 0 saturated heterocycles. The number of hydrogen-bond donors (Lipinski definition) is 0. The normalized spacial score (nSPS) is 14.9. The summed E-state index contributed by atoms with van der Waals surface area (Å²) in [4.78, 5) is 7.98. The van der Waals surface area contributed by atoms with Crippen molar-refractivity contribution in [2.75, 3.05) is 0 Å². The lowest BCUT2D eigenvalue weighted by atomic mass is 9.61. The molecule has 0 atom stereocenters. The number of hydrogen-bond acceptors (Lipinski definition) is 2. The Morgan fingerprint density at radius 3 is 1.80 bits per heavy atom. The van der Waals surface area contributed by atoms with E-state index in [-0.39, 0.29) is 10.8 Å². The van der Waals surface area contributed by atoms with Crippen LogP contribution in [0.3, 0.4) is 0 Å². The highest BCUT2D eigenvalue weighted by Gasteiger charge is 2.49. The largest absolute Gasteiger partial charge is 0.278 e. The fourth-order valence-corrected chi connectivity index (χ4v) is 16.0. The summed E-state index contributed by atoms with van der Waals surface area (Å²) in [5.41, 5.74) is 8.08. The fraction of sp³-hybridized carbons (Fsp3) is 0.122. The maximum atomic E-state index is 5.25. The van der Waals surface area contributed by atoms with Crippen molar-refractivity contribution in [3.05, 3.63) is 187 Å². The standard InChI is InChI=1S/C49H41N3SSi/c1-48(2)38-25-11-16-31-44(38)53-46-39(49(48,3)4)26-18-32-45(46)54(35-20-7-5-8-21-35,36-22-9-6-10-23-36)37-24-17-19-34(33-37)51-42-29-14-15-30-43(42)52-41-28-13-12-27-40(41)50-47(51)52/h5-33H,1-4H3. The van der Waals surface area contributed by atoms with Gasteiger partial charge in [0.2, 0.25) is 5.78 Å². The van der Waals surface area contributed by atoms with Crippen molar-refractivity contribution in [2.24, 2.45) is 0 Å². The Bertz CT molecular complexity index is 2830. The molecule has 0 unspecified atom stereocenters. The van der Waals surface area contributed by atoms with Gasteiger partial charge in [-0.1, -0.05) is 173 Å². The van der Waals surface area contributed by atoms with E-state index in [1.54, 1.807) is 0 Å². The first-order chi connectivity index (χ1) is 26.3. The molecular weight excluding hydrogens is 691 g/mol. The van der Waals surface area contributed by atoms with Crippen molar-refractivity contribution in [1.29, 1.82) is 0 Å². The lowest BCUT2D eigenvalue weighted by molar-refractivity contribution is 0.296. The van der Waals surface area contributed by atoms with Crippen molar-refractivity contribution in [3.8, 4) is 5.69 Å². The highest BCUT2D eigenvalue weighted by molar-refractivity contribution is 7.99. The summed E-state index contributed by atoms with van der Waals surface area (Å²) in [6, 6.07) is 65.5. The summed E-state index contributed by atoms with van der Waals surface area (Å²) < 4.78 is 4.67. The molecule has 3 heterocycles. The molecule has 0 radical (unpaired) electrons. The lowest BCUT2D eigenvalue weighted by Crippen LogP contribution is -2.75. The molecule has 54 heavy (non-hydrogen) atoms. The topological polar surface area (TPSA) is 22.2 Å². The summed E-state index contributed by atoms with van der Waals surface area (Å²) in [5.74, 6) is 0.922. The van der Waals surface area contributed by atoms with Crippen molar-refractivity contribution in [2.45, 2.75) is 48.3 Å². The molecule has 0 amide bonds. The molecular formula is C49H41N3SSi. The molecule has 3 nitrogen and oxygen atoms in total. The van der Waals surface area contributed by atoms with Crippen LogP contribution in [0.15, 0.2) is 186 Å². The Morgan fingerprint density at radius 2 is 1.06 bits per heavy atom. The van der Waals surface area contributed by atoms with Crippen molar-refractivity contribution >= 4 is 68.4 Å². The smallest absolute Gasteiger partial charge is 0.220 e. The van der Waals surface area contributed by atoms with Crippen LogP contribution >= 0.6 is 11.8 Å². The third-order valence-electron chi connectivity index (χ3n) is 12.5. The molecule has 262 valence electrons. The van der Waals surface area contributed by atoms with Gasteiger partial charge in [0.1, 0.15) is 0 Å². The number of fused-ring (bicyclic) bond motifs is 7. The quantitative estimate of drug-likeness (QED) is 0.130. The summed E-state index contributed by atoms with van der Waals surface area (Å²) in [5, 5.41) is 5.50.